The van der Waals surface area contributed by atoms with Gasteiger partial charge in [-0.25, -0.2) is 15.0 Å². The summed E-state index contributed by atoms with van der Waals surface area (Å²) in [6.07, 6.45) is 11.8. The number of para-hydroxylation sites is 2. The number of aromatic nitrogens is 6. The van der Waals surface area contributed by atoms with E-state index < -0.39 is 0 Å². The number of aromatic amines is 1. The van der Waals surface area contributed by atoms with Gasteiger partial charge in [0.2, 0.25) is 0 Å². The highest BCUT2D eigenvalue weighted by molar-refractivity contribution is 14.1. The van der Waals surface area contributed by atoms with Crippen molar-refractivity contribution in [1.29, 1.82) is 0 Å². The van der Waals surface area contributed by atoms with Crippen LogP contribution in [0.4, 0.5) is 11.4 Å². The Morgan fingerprint density at radius 3 is 1.54 bits per heavy atom. The lowest BCUT2D eigenvalue weighted by Gasteiger charge is -2.06. The standard InChI is InChI=1S/2C12H12N2O.C8H9I.C6H8N2.C4H4N2O/c1-9-3-10(2)5-12(4-9)14-6-11(7-15)13-8-14;1-9-3-10(2)5-11(4-9)14-8-13-6-12(14)7-15;1-6-3-7(2)5-8(9)4-6;7-5-3-1-2-4-6(5)8;7-2-4-1-5-3-6-4/h2*3-8H,1-2H3;3-5H,1-2H3;1-4H,7-8H2;1-3H,(H,5,6). The van der Waals surface area contributed by atoms with Gasteiger partial charge < -0.3 is 21.0 Å². The molecule has 0 spiro atoms. The minimum Gasteiger partial charge on any atom is -0.397 e. The van der Waals surface area contributed by atoms with E-state index in [0.717, 1.165) is 23.9 Å². The van der Waals surface area contributed by atoms with Crippen LogP contribution < -0.4 is 11.5 Å². The average molecular weight is 837 g/mol. The lowest BCUT2D eigenvalue weighted by molar-refractivity contribution is 0.111. The molecule has 12 heteroatoms. The van der Waals surface area contributed by atoms with E-state index in [-0.39, 0.29) is 0 Å². The first kappa shape index (κ1) is 42.3. The highest BCUT2D eigenvalue weighted by atomic mass is 127. The number of aldehydes is 3. The molecule has 0 saturated heterocycles. The summed E-state index contributed by atoms with van der Waals surface area (Å²) in [5.41, 5.74) is 23.1. The molecule has 0 amide bonds. The number of anilines is 2. The number of imidazole rings is 3. The highest BCUT2D eigenvalue weighted by Crippen LogP contribution is 2.16. The van der Waals surface area contributed by atoms with Gasteiger partial charge in [0.15, 0.2) is 18.9 Å². The first-order valence-electron chi connectivity index (χ1n) is 16.7. The molecule has 0 saturated carbocycles. The third kappa shape index (κ3) is 14.1. The van der Waals surface area contributed by atoms with Crippen LogP contribution in [0.1, 0.15) is 64.8 Å². The molecule has 54 heavy (non-hydrogen) atoms. The molecule has 5 N–H and O–H groups in total. The van der Waals surface area contributed by atoms with Gasteiger partial charge in [-0.05, 0) is 146 Å². The number of rotatable bonds is 5. The summed E-state index contributed by atoms with van der Waals surface area (Å²) in [7, 11) is 0. The molecule has 0 radical (unpaired) electrons. The van der Waals surface area contributed by atoms with Crippen LogP contribution in [-0.4, -0.2) is 47.9 Å². The number of aryl methyl sites for hydroxylation is 6. The van der Waals surface area contributed by atoms with Gasteiger partial charge >= 0.3 is 0 Å². The predicted octanol–water partition coefficient (Wildman–Crippen LogP) is 8.58. The number of halogens is 1. The van der Waals surface area contributed by atoms with Gasteiger partial charge in [-0.15, -0.1) is 0 Å². The van der Waals surface area contributed by atoms with E-state index in [2.05, 4.69) is 98.8 Å². The molecule has 278 valence electrons. The van der Waals surface area contributed by atoms with E-state index in [9.17, 15) is 14.4 Å². The molecule has 0 aliphatic heterocycles. The highest BCUT2D eigenvalue weighted by Gasteiger charge is 2.04. The third-order valence-electron chi connectivity index (χ3n) is 7.33. The maximum Gasteiger partial charge on any atom is 0.170 e. The van der Waals surface area contributed by atoms with Crippen LogP contribution in [0.25, 0.3) is 11.4 Å². The molecule has 3 aromatic heterocycles. The Kier molecular flexibility index (Phi) is 16.7. The van der Waals surface area contributed by atoms with Gasteiger partial charge in [0, 0.05) is 21.1 Å². The van der Waals surface area contributed by atoms with Crippen LogP contribution in [0.5, 0.6) is 0 Å². The number of hydrogen-bond donors (Lipinski definition) is 3. The van der Waals surface area contributed by atoms with E-state index in [4.69, 9.17) is 11.5 Å². The quantitative estimate of drug-likeness (QED) is 0.0881. The Bertz CT molecular complexity index is 2150. The van der Waals surface area contributed by atoms with Gasteiger partial charge in [0.1, 0.15) is 17.7 Å². The topological polar surface area (TPSA) is 168 Å². The van der Waals surface area contributed by atoms with Crippen molar-refractivity contribution in [2.45, 2.75) is 41.5 Å². The fourth-order valence-corrected chi connectivity index (χ4v) is 6.08. The van der Waals surface area contributed by atoms with E-state index >= 15 is 0 Å². The molecule has 3 heterocycles. The smallest absolute Gasteiger partial charge is 0.170 e. The van der Waals surface area contributed by atoms with Gasteiger partial charge in [-0.3, -0.25) is 19.0 Å². The Morgan fingerprint density at radius 1 is 0.630 bits per heavy atom. The second-order valence-electron chi connectivity index (χ2n) is 12.4. The largest absolute Gasteiger partial charge is 0.397 e. The first-order valence-corrected chi connectivity index (χ1v) is 17.8. The Balaban J connectivity index is 0.000000188. The number of carbonyl (C=O) groups excluding carboxylic acids is 3. The molecule has 0 unspecified atom stereocenters. The normalized spacial score (nSPS) is 9.76. The van der Waals surface area contributed by atoms with Gasteiger partial charge in [0.05, 0.1) is 42.1 Å². The summed E-state index contributed by atoms with van der Waals surface area (Å²) >= 11 is 2.33. The number of nitrogen functional groups attached to an aromatic ring is 2. The lowest BCUT2D eigenvalue weighted by Crippen LogP contribution is -1.98. The molecule has 11 nitrogen and oxygen atoms in total. The second-order valence-corrected chi connectivity index (χ2v) is 13.6. The lowest BCUT2D eigenvalue weighted by atomic mass is 10.1. The van der Waals surface area contributed by atoms with Crippen LogP contribution in [0.2, 0.25) is 0 Å². The van der Waals surface area contributed by atoms with Crippen molar-refractivity contribution < 1.29 is 14.4 Å². The number of nitrogens with zero attached hydrogens (tertiary/aromatic N) is 5. The monoisotopic (exact) mass is 836 g/mol. The van der Waals surface area contributed by atoms with Crippen molar-refractivity contribution in [2.24, 2.45) is 0 Å². The van der Waals surface area contributed by atoms with Crippen LogP contribution >= 0.6 is 22.6 Å². The van der Waals surface area contributed by atoms with Crippen molar-refractivity contribution in [3.63, 3.8) is 0 Å². The minimum absolute atomic E-state index is 0.453. The van der Waals surface area contributed by atoms with Crippen molar-refractivity contribution >= 4 is 52.8 Å². The number of carbonyl (C=O) groups is 3. The number of H-pyrrole nitrogens is 1. The third-order valence-corrected chi connectivity index (χ3v) is 7.95. The van der Waals surface area contributed by atoms with Crippen LogP contribution in [0, 0.1) is 45.1 Å². The SMILES string of the molecule is Cc1cc(C)cc(-n2cnc(C=O)c2)c1.Cc1cc(C)cc(-n2cncc2C=O)c1.Cc1cc(C)cc(I)c1.Nc1ccccc1N.O=Cc1cnc[nH]1. The zero-order chi connectivity index (χ0) is 39.6. The number of benzene rings is 4. The van der Waals surface area contributed by atoms with E-state index in [1.54, 1.807) is 41.7 Å². The van der Waals surface area contributed by atoms with Gasteiger partial charge in [-0.1, -0.05) is 30.3 Å². The average Bonchev–Trinajstić information content (AvgIpc) is 3.92. The number of nitrogens with one attached hydrogen (secondary N) is 1. The van der Waals surface area contributed by atoms with E-state index in [1.807, 2.05) is 56.5 Å². The zero-order valence-electron chi connectivity index (χ0n) is 31.2. The summed E-state index contributed by atoms with van der Waals surface area (Å²) in [5, 5.41) is 0. The Hall–Kier alpha value is -6.15. The maximum absolute atomic E-state index is 10.8. The van der Waals surface area contributed by atoms with Crippen molar-refractivity contribution in [2.75, 3.05) is 11.5 Å². The summed E-state index contributed by atoms with van der Waals surface area (Å²) in [5.74, 6) is 0. The molecular formula is C42H45IN8O3. The Morgan fingerprint density at radius 2 is 1.15 bits per heavy atom. The van der Waals surface area contributed by atoms with Crippen molar-refractivity contribution in [3.05, 3.63) is 170 Å². The van der Waals surface area contributed by atoms with Crippen LogP contribution in [0.3, 0.4) is 0 Å². The second kappa shape index (κ2) is 21.4. The molecule has 7 aromatic rings. The summed E-state index contributed by atoms with van der Waals surface area (Å²) in [6, 6.07) is 26.2. The maximum atomic E-state index is 10.8. The predicted molar refractivity (Wildman–Crippen MR) is 225 cm³/mol. The van der Waals surface area contributed by atoms with E-state index in [1.165, 1.54) is 49.5 Å². The van der Waals surface area contributed by atoms with Crippen molar-refractivity contribution in [1.82, 2.24) is 29.1 Å². The van der Waals surface area contributed by atoms with Gasteiger partial charge in [-0.2, -0.15) is 0 Å². The van der Waals surface area contributed by atoms with Crippen LogP contribution in [0.15, 0.2) is 116 Å². The van der Waals surface area contributed by atoms with Crippen LogP contribution in [-0.2, 0) is 0 Å². The molecule has 0 aliphatic carbocycles. The molecule has 0 bridgehead atoms. The van der Waals surface area contributed by atoms with E-state index in [0.29, 0.717) is 34.7 Å². The fourth-order valence-electron chi connectivity index (χ4n) is 5.10. The Labute approximate surface area is 329 Å². The van der Waals surface area contributed by atoms with Crippen molar-refractivity contribution in [3.8, 4) is 11.4 Å². The molecule has 4 aromatic carbocycles. The van der Waals surface area contributed by atoms with Gasteiger partial charge in [0.25, 0.3) is 0 Å². The number of nitrogens with two attached hydrogens (primary N) is 2. The molecular weight excluding hydrogens is 791 g/mol. The number of hydrogen-bond acceptors (Lipinski definition) is 8. The zero-order valence-corrected chi connectivity index (χ0v) is 33.4. The molecule has 7 rings (SSSR count). The molecule has 0 aliphatic rings. The first-order chi connectivity index (χ1) is 25.8. The minimum atomic E-state index is 0.453. The summed E-state index contributed by atoms with van der Waals surface area (Å²) in [4.78, 5) is 45.2. The summed E-state index contributed by atoms with van der Waals surface area (Å²) < 4.78 is 4.96. The summed E-state index contributed by atoms with van der Waals surface area (Å²) in [6.45, 7) is 12.4. The fraction of sp³-hybridized carbons (Fsp3) is 0.143. The molecule has 0 atom stereocenters. The molecule has 0 fully saturated rings.